The van der Waals surface area contributed by atoms with Crippen LogP contribution in [0.1, 0.15) is 10.6 Å². The van der Waals surface area contributed by atoms with Gasteiger partial charge < -0.3 is 4.90 Å². The number of nitrogens with zero attached hydrogens (tertiary/aromatic N) is 3. The van der Waals surface area contributed by atoms with Gasteiger partial charge in [0.2, 0.25) is 5.95 Å². The monoisotopic (exact) mass is 351 g/mol. The van der Waals surface area contributed by atoms with Gasteiger partial charge in [-0.1, -0.05) is 0 Å². The van der Waals surface area contributed by atoms with Gasteiger partial charge in [0.25, 0.3) is 0 Å². The third-order valence-corrected chi connectivity index (χ3v) is 3.90. The summed E-state index contributed by atoms with van der Waals surface area (Å²) in [6.45, 7) is 0.456. The number of halogens is 4. The number of alkyl halides is 3. The van der Waals surface area contributed by atoms with Crippen molar-refractivity contribution in [3.63, 3.8) is 0 Å². The topological polar surface area (TPSA) is 29.0 Å². The molecule has 0 fully saturated rings. The maximum Gasteiger partial charge on any atom is 0.433 e. The summed E-state index contributed by atoms with van der Waals surface area (Å²) in [7, 11) is 1.66. The zero-order valence-corrected chi connectivity index (χ0v) is 12.2. The van der Waals surface area contributed by atoms with Crippen molar-refractivity contribution in [1.82, 2.24) is 9.97 Å². The third-order valence-electron chi connectivity index (χ3n) is 2.30. The van der Waals surface area contributed by atoms with E-state index in [2.05, 4.69) is 25.9 Å². The second-order valence-corrected chi connectivity index (χ2v) is 6.35. The van der Waals surface area contributed by atoms with Crippen LogP contribution in [0.4, 0.5) is 19.1 Å². The molecule has 0 aromatic carbocycles. The lowest BCUT2D eigenvalue weighted by Gasteiger charge is -2.17. The van der Waals surface area contributed by atoms with E-state index in [1.54, 1.807) is 11.9 Å². The average molecular weight is 352 g/mol. The lowest BCUT2D eigenvalue weighted by molar-refractivity contribution is -0.141. The van der Waals surface area contributed by atoms with Crippen molar-refractivity contribution in [1.29, 1.82) is 0 Å². The summed E-state index contributed by atoms with van der Waals surface area (Å²) in [5, 5.41) is 0. The van der Waals surface area contributed by atoms with E-state index in [0.717, 1.165) is 20.9 Å². The number of thiophene rings is 1. The smallest absolute Gasteiger partial charge is 0.339 e. The van der Waals surface area contributed by atoms with Crippen LogP contribution < -0.4 is 4.90 Å². The molecule has 0 spiro atoms. The van der Waals surface area contributed by atoms with Crippen LogP contribution >= 0.6 is 27.3 Å². The maximum atomic E-state index is 12.5. The summed E-state index contributed by atoms with van der Waals surface area (Å²) in [6.07, 6.45) is -3.34. The average Bonchev–Trinajstić information content (AvgIpc) is 2.74. The summed E-state index contributed by atoms with van der Waals surface area (Å²) in [5.41, 5.74) is -0.934. The standard InChI is InChI=1S/C11H9BrF3N3S/c1-18(6-7-2-3-9(12)19-7)10-16-5-4-8(17-10)11(13,14)15/h2-5H,6H2,1H3. The first-order valence-electron chi connectivity index (χ1n) is 5.22. The molecule has 0 aliphatic heterocycles. The highest BCUT2D eigenvalue weighted by Gasteiger charge is 2.33. The highest BCUT2D eigenvalue weighted by molar-refractivity contribution is 9.11. The molecule has 2 aromatic rings. The molecule has 0 saturated heterocycles. The molecule has 0 N–H and O–H groups in total. The molecule has 0 aliphatic carbocycles. The minimum atomic E-state index is -4.45. The van der Waals surface area contributed by atoms with Crippen molar-refractivity contribution in [2.75, 3.05) is 11.9 Å². The molecule has 0 radical (unpaired) electrons. The minimum absolute atomic E-state index is 0.0550. The summed E-state index contributed by atoms with van der Waals surface area (Å²) >= 11 is 4.85. The van der Waals surface area contributed by atoms with Gasteiger partial charge in [0, 0.05) is 18.1 Å². The third kappa shape index (κ3) is 3.66. The van der Waals surface area contributed by atoms with E-state index in [9.17, 15) is 13.2 Å². The minimum Gasteiger partial charge on any atom is -0.339 e. The molecule has 0 saturated carbocycles. The Hall–Kier alpha value is -1.15. The fourth-order valence-corrected chi connectivity index (χ4v) is 2.97. The fraction of sp³-hybridized carbons (Fsp3) is 0.273. The molecule has 0 atom stereocenters. The number of hydrogen-bond acceptors (Lipinski definition) is 4. The lowest BCUT2D eigenvalue weighted by Crippen LogP contribution is -2.20. The van der Waals surface area contributed by atoms with Crippen LogP contribution in [0, 0.1) is 0 Å². The maximum absolute atomic E-state index is 12.5. The van der Waals surface area contributed by atoms with Crippen LogP contribution in [-0.2, 0) is 12.7 Å². The predicted molar refractivity (Wildman–Crippen MR) is 71.2 cm³/mol. The van der Waals surface area contributed by atoms with E-state index in [0.29, 0.717) is 6.54 Å². The van der Waals surface area contributed by atoms with E-state index in [1.165, 1.54) is 11.3 Å². The van der Waals surface area contributed by atoms with Crippen LogP contribution in [-0.4, -0.2) is 17.0 Å². The summed E-state index contributed by atoms with van der Waals surface area (Å²) in [5.74, 6) is 0.0550. The Morgan fingerprint density at radius 2 is 2.05 bits per heavy atom. The van der Waals surface area contributed by atoms with Gasteiger partial charge in [0.1, 0.15) is 5.69 Å². The van der Waals surface area contributed by atoms with Gasteiger partial charge in [0.05, 0.1) is 10.3 Å². The number of hydrogen-bond donors (Lipinski definition) is 0. The van der Waals surface area contributed by atoms with Gasteiger partial charge in [-0.2, -0.15) is 13.2 Å². The molecule has 0 unspecified atom stereocenters. The molecule has 0 amide bonds. The van der Waals surface area contributed by atoms with Crippen LogP contribution in [0.15, 0.2) is 28.2 Å². The Morgan fingerprint density at radius 1 is 1.32 bits per heavy atom. The van der Waals surface area contributed by atoms with Gasteiger partial charge in [-0.05, 0) is 34.1 Å². The molecule has 8 heteroatoms. The molecule has 102 valence electrons. The largest absolute Gasteiger partial charge is 0.433 e. The first kappa shape index (κ1) is 14.3. The normalized spacial score (nSPS) is 11.6. The Bertz CT molecular complexity index is 570. The van der Waals surface area contributed by atoms with Crippen LogP contribution in [0.25, 0.3) is 0 Å². The van der Waals surface area contributed by atoms with Crippen LogP contribution in [0.3, 0.4) is 0 Å². The first-order chi connectivity index (χ1) is 8.86. The predicted octanol–water partition coefficient (Wildman–Crippen LogP) is 3.96. The molecular formula is C11H9BrF3N3S. The van der Waals surface area contributed by atoms with Gasteiger partial charge in [-0.15, -0.1) is 11.3 Å². The molecule has 2 aromatic heterocycles. The Morgan fingerprint density at radius 3 is 2.63 bits per heavy atom. The van der Waals surface area contributed by atoms with Crippen LogP contribution in [0.2, 0.25) is 0 Å². The first-order valence-corrected chi connectivity index (χ1v) is 6.83. The molecule has 3 nitrogen and oxygen atoms in total. The summed E-state index contributed by atoms with van der Waals surface area (Å²) < 4.78 is 38.6. The van der Waals surface area contributed by atoms with Gasteiger partial charge in [0.15, 0.2) is 0 Å². The van der Waals surface area contributed by atoms with Crippen molar-refractivity contribution in [2.45, 2.75) is 12.7 Å². The van der Waals surface area contributed by atoms with Gasteiger partial charge in [-0.25, -0.2) is 9.97 Å². The Kier molecular flexibility index (Phi) is 4.10. The second kappa shape index (κ2) is 5.46. The summed E-state index contributed by atoms with van der Waals surface area (Å²) in [4.78, 5) is 9.98. The molecule has 19 heavy (non-hydrogen) atoms. The van der Waals surface area contributed by atoms with E-state index in [1.807, 2.05) is 12.1 Å². The number of rotatable bonds is 3. The highest BCUT2D eigenvalue weighted by Crippen LogP contribution is 2.28. The fourth-order valence-electron chi connectivity index (χ4n) is 1.43. The molecule has 2 heterocycles. The van der Waals surface area contributed by atoms with Gasteiger partial charge >= 0.3 is 6.18 Å². The van der Waals surface area contributed by atoms with Crippen molar-refractivity contribution < 1.29 is 13.2 Å². The SMILES string of the molecule is CN(Cc1ccc(Br)s1)c1nccc(C(F)(F)F)n1. The molecule has 2 rings (SSSR count). The zero-order chi connectivity index (χ0) is 14.0. The Balaban J connectivity index is 2.17. The highest BCUT2D eigenvalue weighted by atomic mass is 79.9. The van der Waals surface area contributed by atoms with E-state index >= 15 is 0 Å². The quantitative estimate of drug-likeness (QED) is 0.838. The van der Waals surface area contributed by atoms with Gasteiger partial charge in [-0.3, -0.25) is 0 Å². The van der Waals surface area contributed by atoms with E-state index in [4.69, 9.17) is 0 Å². The molecule has 0 aliphatic rings. The molecule has 0 bridgehead atoms. The number of anilines is 1. The lowest BCUT2D eigenvalue weighted by atomic mass is 10.4. The zero-order valence-electron chi connectivity index (χ0n) is 9.78. The summed E-state index contributed by atoms with van der Waals surface area (Å²) in [6, 6.07) is 4.65. The van der Waals surface area contributed by atoms with E-state index in [-0.39, 0.29) is 5.95 Å². The van der Waals surface area contributed by atoms with Crippen molar-refractivity contribution in [3.05, 3.63) is 38.8 Å². The van der Waals surface area contributed by atoms with Crippen LogP contribution in [0.5, 0.6) is 0 Å². The Labute approximate surface area is 120 Å². The van der Waals surface area contributed by atoms with E-state index < -0.39 is 11.9 Å². The second-order valence-electron chi connectivity index (χ2n) is 3.80. The van der Waals surface area contributed by atoms with Crippen molar-refractivity contribution in [3.8, 4) is 0 Å². The van der Waals surface area contributed by atoms with Crippen molar-refractivity contribution >= 4 is 33.2 Å². The number of aromatic nitrogens is 2. The van der Waals surface area contributed by atoms with Crippen molar-refractivity contribution in [2.24, 2.45) is 0 Å². The molecular weight excluding hydrogens is 343 g/mol.